The van der Waals surface area contributed by atoms with Crippen LogP contribution in [0.5, 0.6) is 0 Å². The summed E-state index contributed by atoms with van der Waals surface area (Å²) in [6.07, 6.45) is -0.466. The summed E-state index contributed by atoms with van der Waals surface area (Å²) in [4.78, 5) is 48.7. The zero-order valence-corrected chi connectivity index (χ0v) is 32.9. The maximum absolute atomic E-state index is 12.8. The van der Waals surface area contributed by atoms with Crippen molar-refractivity contribution in [2.45, 2.75) is 148 Å². The van der Waals surface area contributed by atoms with Gasteiger partial charge in [0.25, 0.3) is 11.8 Å². The summed E-state index contributed by atoms with van der Waals surface area (Å²) in [6, 6.07) is -1.31. The third-order valence-corrected chi connectivity index (χ3v) is 8.63. The molecule has 10 atom stereocenters. The van der Waals surface area contributed by atoms with Gasteiger partial charge in [-0.15, -0.1) is 0 Å². The number of hydrogen-bond donors (Lipinski definition) is 8. The van der Waals surface area contributed by atoms with E-state index < -0.39 is 78.5 Å². The SMILES string of the molecule is CO[C@@H](C(=O)NC1CCCNC1=O)[C@@H]1OC(C)(C)O[C@H](/C=C/C(C)(C)C)[C@@H]1O.CO[C@@H](C(=O)NC1CCCNC1=O)[C@H](O)[C@@H](O)[C@H](O)/C=C/C(C)(C)C. The zero-order chi connectivity index (χ0) is 40.3. The van der Waals surface area contributed by atoms with Crippen LogP contribution in [-0.2, 0) is 38.1 Å². The van der Waals surface area contributed by atoms with Gasteiger partial charge in [0.15, 0.2) is 18.0 Å². The van der Waals surface area contributed by atoms with Gasteiger partial charge in [-0.3, -0.25) is 19.2 Å². The highest BCUT2D eigenvalue weighted by Gasteiger charge is 2.48. The van der Waals surface area contributed by atoms with E-state index in [2.05, 4.69) is 21.3 Å². The Morgan fingerprint density at radius 3 is 1.79 bits per heavy atom. The number of allylic oxidation sites excluding steroid dienone is 2. The molecule has 2 unspecified atom stereocenters. The van der Waals surface area contributed by atoms with Crippen LogP contribution >= 0.6 is 0 Å². The van der Waals surface area contributed by atoms with E-state index in [1.54, 1.807) is 26.0 Å². The number of nitrogens with one attached hydrogen (secondary N) is 4. The molecule has 16 nitrogen and oxygen atoms in total. The summed E-state index contributed by atoms with van der Waals surface area (Å²) < 4.78 is 22.0. The van der Waals surface area contributed by atoms with Crippen LogP contribution in [0.4, 0.5) is 0 Å². The standard InChI is InChI=1S/C20H34N2O6.C17H30N2O6/c1-19(2,3)10-9-13-14(23)15(28-20(4,5)27-13)16(26-6)18(25)22-12-8-7-11-21-17(12)24;1-17(2,3)8-7-11(20)12(21)13(22)14(25-4)16(24)19-10-6-5-9-18-15(10)23/h9-10,12-16,23H,7-8,11H2,1-6H3,(H,21,24)(H,22,25);7-8,10-14,20-22H,5-6,9H2,1-4H3,(H,18,23)(H,19,24)/b10-9+;8-7+/t12?,13-,14+,15-,16-;10?,11-,12+,13-,14-/m11/s1. The van der Waals surface area contributed by atoms with Crippen molar-refractivity contribution < 1.29 is 58.6 Å². The van der Waals surface area contributed by atoms with Crippen LogP contribution < -0.4 is 21.3 Å². The summed E-state index contributed by atoms with van der Waals surface area (Å²) in [5.74, 6) is -2.74. The molecule has 0 aromatic heterocycles. The van der Waals surface area contributed by atoms with Gasteiger partial charge in [-0.05, 0) is 50.4 Å². The molecule has 0 bridgehead atoms. The number of hydrogen-bond acceptors (Lipinski definition) is 12. The van der Waals surface area contributed by atoms with Crippen LogP contribution in [0.3, 0.4) is 0 Å². The van der Waals surface area contributed by atoms with Gasteiger partial charge in [0.1, 0.15) is 48.7 Å². The molecule has 3 aliphatic rings. The largest absolute Gasteiger partial charge is 0.387 e. The molecule has 3 saturated heterocycles. The fourth-order valence-electron chi connectivity index (χ4n) is 5.79. The molecule has 0 aromatic rings. The highest BCUT2D eigenvalue weighted by atomic mass is 16.7. The lowest BCUT2D eigenvalue weighted by molar-refractivity contribution is -0.334. The van der Waals surface area contributed by atoms with Crippen LogP contribution in [0.2, 0.25) is 0 Å². The minimum Gasteiger partial charge on any atom is -0.387 e. The van der Waals surface area contributed by atoms with Gasteiger partial charge < -0.3 is 60.6 Å². The molecule has 3 fully saturated rings. The average molecular weight is 757 g/mol. The Hall–Kier alpha value is -2.96. The van der Waals surface area contributed by atoms with E-state index in [1.807, 2.05) is 47.6 Å². The minimum atomic E-state index is -1.66. The van der Waals surface area contributed by atoms with Crippen molar-refractivity contribution in [3.63, 3.8) is 0 Å². The molecule has 3 aliphatic heterocycles. The first-order valence-electron chi connectivity index (χ1n) is 18.2. The highest BCUT2D eigenvalue weighted by molar-refractivity contribution is 5.90. The van der Waals surface area contributed by atoms with Crippen molar-refractivity contribution in [3.05, 3.63) is 24.3 Å². The van der Waals surface area contributed by atoms with E-state index in [1.165, 1.54) is 20.3 Å². The van der Waals surface area contributed by atoms with Gasteiger partial charge in [-0.2, -0.15) is 0 Å². The first-order chi connectivity index (χ1) is 24.5. The van der Waals surface area contributed by atoms with E-state index in [0.717, 1.165) is 12.8 Å². The van der Waals surface area contributed by atoms with Crippen LogP contribution in [0.1, 0.15) is 81.1 Å². The lowest BCUT2D eigenvalue weighted by Gasteiger charge is -2.45. The summed E-state index contributed by atoms with van der Waals surface area (Å²) in [5.41, 5.74) is -0.300. The molecular formula is C37H64N4O12. The van der Waals surface area contributed by atoms with Gasteiger partial charge in [0, 0.05) is 27.3 Å². The van der Waals surface area contributed by atoms with Gasteiger partial charge >= 0.3 is 0 Å². The first-order valence-corrected chi connectivity index (χ1v) is 18.2. The normalized spacial score (nSPS) is 28.1. The summed E-state index contributed by atoms with van der Waals surface area (Å²) in [6.45, 7) is 16.5. The van der Waals surface area contributed by atoms with Crippen molar-refractivity contribution in [3.8, 4) is 0 Å². The fourth-order valence-corrected chi connectivity index (χ4v) is 5.79. The Morgan fingerprint density at radius 1 is 0.830 bits per heavy atom. The molecule has 3 heterocycles. The van der Waals surface area contributed by atoms with Gasteiger partial charge in [0.2, 0.25) is 11.8 Å². The lowest BCUT2D eigenvalue weighted by Crippen LogP contribution is -2.62. The van der Waals surface area contributed by atoms with Crippen molar-refractivity contribution >= 4 is 23.6 Å². The smallest absolute Gasteiger partial charge is 0.252 e. The minimum absolute atomic E-state index is 0.0899. The molecule has 16 heteroatoms. The van der Waals surface area contributed by atoms with Crippen molar-refractivity contribution in [1.82, 2.24) is 21.3 Å². The summed E-state index contributed by atoms with van der Waals surface area (Å²) >= 11 is 0. The van der Waals surface area contributed by atoms with E-state index in [0.29, 0.717) is 25.9 Å². The Labute approximate surface area is 313 Å². The third kappa shape index (κ3) is 15.0. The summed E-state index contributed by atoms with van der Waals surface area (Å²) in [5, 5.41) is 51.7. The lowest BCUT2D eigenvalue weighted by atomic mass is 9.93. The molecule has 0 radical (unpaired) electrons. The van der Waals surface area contributed by atoms with Crippen LogP contribution in [0, 0.1) is 10.8 Å². The molecule has 0 saturated carbocycles. The number of methoxy groups -OCH3 is 2. The van der Waals surface area contributed by atoms with Gasteiger partial charge in [-0.25, -0.2) is 0 Å². The van der Waals surface area contributed by atoms with Crippen molar-refractivity contribution in [2.75, 3.05) is 27.3 Å². The van der Waals surface area contributed by atoms with Crippen LogP contribution in [-0.4, -0.2) is 138 Å². The van der Waals surface area contributed by atoms with E-state index in [-0.39, 0.29) is 22.6 Å². The van der Waals surface area contributed by atoms with E-state index >= 15 is 0 Å². The Morgan fingerprint density at radius 2 is 1.34 bits per heavy atom. The molecule has 53 heavy (non-hydrogen) atoms. The number of piperidine rings is 2. The molecular weight excluding hydrogens is 692 g/mol. The zero-order valence-electron chi connectivity index (χ0n) is 32.9. The highest BCUT2D eigenvalue weighted by Crippen LogP contribution is 2.31. The molecule has 4 amide bonds. The number of amides is 4. The predicted molar refractivity (Wildman–Crippen MR) is 195 cm³/mol. The maximum Gasteiger partial charge on any atom is 0.252 e. The second-order valence-electron chi connectivity index (χ2n) is 16.3. The molecule has 304 valence electrons. The van der Waals surface area contributed by atoms with Crippen LogP contribution in [0.15, 0.2) is 24.3 Å². The fraction of sp³-hybridized carbons (Fsp3) is 0.784. The monoisotopic (exact) mass is 756 g/mol. The van der Waals surface area contributed by atoms with E-state index in [9.17, 15) is 39.6 Å². The number of ether oxygens (including phenoxy) is 4. The number of aliphatic hydroxyl groups is 4. The molecule has 0 aromatic carbocycles. The average Bonchev–Trinajstić information content (AvgIpc) is 3.06. The molecule has 0 aliphatic carbocycles. The van der Waals surface area contributed by atoms with Gasteiger partial charge in [0.05, 0.1) is 0 Å². The maximum atomic E-state index is 12.8. The number of carbonyl (C=O) groups excluding carboxylic acids is 4. The summed E-state index contributed by atoms with van der Waals surface area (Å²) in [7, 11) is 2.59. The topological polar surface area (TPSA) is 234 Å². The second kappa shape index (κ2) is 20.1. The quantitative estimate of drug-likeness (QED) is 0.123. The van der Waals surface area contributed by atoms with Gasteiger partial charge in [-0.1, -0.05) is 65.8 Å². The third-order valence-electron chi connectivity index (χ3n) is 8.63. The number of rotatable bonds is 12. The van der Waals surface area contributed by atoms with Crippen LogP contribution in [0.25, 0.3) is 0 Å². The molecule has 3 rings (SSSR count). The predicted octanol–water partition coefficient (Wildman–Crippen LogP) is -0.0393. The van der Waals surface area contributed by atoms with E-state index in [4.69, 9.17) is 18.9 Å². The molecule has 8 N–H and O–H groups in total. The second-order valence-corrected chi connectivity index (χ2v) is 16.3. The van der Waals surface area contributed by atoms with Crippen molar-refractivity contribution in [1.29, 1.82) is 0 Å². The Bertz CT molecular complexity index is 1280. The Kier molecular flexibility index (Phi) is 17.5. The number of carbonyl (C=O) groups is 4. The molecule has 0 spiro atoms. The Balaban J connectivity index is 0.000000370. The number of aliphatic hydroxyl groups excluding tert-OH is 4. The van der Waals surface area contributed by atoms with Crippen molar-refractivity contribution in [2.24, 2.45) is 10.8 Å². The first kappa shape index (κ1) is 46.2.